The molecule has 5 nitrogen and oxygen atoms in total. The summed E-state index contributed by atoms with van der Waals surface area (Å²) in [4.78, 5) is 20.2. The van der Waals surface area contributed by atoms with E-state index in [-0.39, 0.29) is 17.3 Å². The first-order valence-electron chi connectivity index (χ1n) is 7.29. The third kappa shape index (κ3) is 3.69. The monoisotopic (exact) mass is 294 g/mol. The molecule has 0 aromatic carbocycles. The number of amides is 1. The minimum atomic E-state index is -0.569. The second-order valence-corrected chi connectivity index (χ2v) is 5.77. The highest BCUT2D eigenvalue weighted by Crippen LogP contribution is 2.22. The van der Waals surface area contributed by atoms with E-state index in [1.165, 1.54) is 12.3 Å². The molecule has 1 aromatic rings. The van der Waals surface area contributed by atoms with Crippen LogP contribution >= 0.6 is 0 Å². The molecule has 0 saturated carbocycles. The van der Waals surface area contributed by atoms with Crippen LogP contribution < -0.4 is 5.32 Å². The minimum Gasteiger partial charge on any atom is -0.371 e. The lowest BCUT2D eigenvalue weighted by Crippen LogP contribution is -2.41. The van der Waals surface area contributed by atoms with Gasteiger partial charge in [-0.3, -0.25) is 4.79 Å². The van der Waals surface area contributed by atoms with Gasteiger partial charge in [0.05, 0.1) is 5.56 Å². The molecular formula is C15H23FN4O. The quantitative estimate of drug-likeness (QED) is 0.918. The lowest BCUT2D eigenvalue weighted by Gasteiger charge is -2.33. The number of nitrogens with one attached hydrogen (secondary N) is 1. The lowest BCUT2D eigenvalue weighted by molar-refractivity contribution is 0.0673. The average molecular weight is 294 g/mol. The number of pyridine rings is 1. The highest BCUT2D eigenvalue weighted by atomic mass is 19.1. The van der Waals surface area contributed by atoms with E-state index in [2.05, 4.69) is 29.3 Å². The van der Waals surface area contributed by atoms with Gasteiger partial charge in [-0.25, -0.2) is 9.37 Å². The smallest absolute Gasteiger partial charge is 0.257 e. The Bertz CT molecular complexity index is 498. The van der Waals surface area contributed by atoms with Crippen LogP contribution in [0.1, 0.15) is 23.2 Å². The molecule has 1 amide bonds. The highest BCUT2D eigenvalue weighted by molar-refractivity contribution is 5.95. The summed E-state index contributed by atoms with van der Waals surface area (Å²) in [6, 6.07) is 1.45. The number of carbonyl (C=O) groups excluding carboxylic acids is 1. The Morgan fingerprint density at radius 1 is 1.48 bits per heavy atom. The van der Waals surface area contributed by atoms with Crippen molar-refractivity contribution < 1.29 is 9.18 Å². The number of hydrogen-bond donors (Lipinski definition) is 1. The summed E-state index contributed by atoms with van der Waals surface area (Å²) in [6.07, 6.45) is 3.39. The molecule has 0 radical (unpaired) electrons. The van der Waals surface area contributed by atoms with Gasteiger partial charge in [0.1, 0.15) is 0 Å². The number of anilines is 1. The number of likely N-dealkylation sites (tertiary alicyclic amines) is 1. The molecule has 1 saturated heterocycles. The second kappa shape index (κ2) is 6.85. The summed E-state index contributed by atoms with van der Waals surface area (Å²) in [5.41, 5.74) is 0.0976. The van der Waals surface area contributed by atoms with E-state index in [0.29, 0.717) is 19.0 Å². The van der Waals surface area contributed by atoms with Crippen molar-refractivity contribution in [3.05, 3.63) is 23.6 Å². The van der Waals surface area contributed by atoms with E-state index in [9.17, 15) is 9.18 Å². The first kappa shape index (κ1) is 15.7. The van der Waals surface area contributed by atoms with Crippen LogP contribution in [0.15, 0.2) is 12.3 Å². The van der Waals surface area contributed by atoms with E-state index >= 15 is 0 Å². The summed E-state index contributed by atoms with van der Waals surface area (Å²) < 4.78 is 14.1. The van der Waals surface area contributed by atoms with Gasteiger partial charge in [-0.2, -0.15) is 0 Å². The molecule has 6 heteroatoms. The number of halogens is 1. The molecule has 1 aliphatic rings. The van der Waals surface area contributed by atoms with Gasteiger partial charge in [-0.1, -0.05) is 0 Å². The normalized spacial score (nSPS) is 16.3. The van der Waals surface area contributed by atoms with Crippen LogP contribution in [0.5, 0.6) is 0 Å². The topological polar surface area (TPSA) is 48.5 Å². The zero-order valence-electron chi connectivity index (χ0n) is 12.9. The maximum absolute atomic E-state index is 14.1. The van der Waals surface area contributed by atoms with Crippen molar-refractivity contribution in [1.82, 2.24) is 14.8 Å². The Morgan fingerprint density at radius 2 is 2.14 bits per heavy atom. The van der Waals surface area contributed by atoms with E-state index < -0.39 is 5.82 Å². The molecule has 2 rings (SSSR count). The summed E-state index contributed by atoms with van der Waals surface area (Å²) >= 11 is 0. The number of carbonyl (C=O) groups is 1. The minimum absolute atomic E-state index is 0.0976. The molecule has 2 heterocycles. The molecule has 1 N–H and O–H groups in total. The largest absolute Gasteiger partial charge is 0.371 e. The molecule has 0 spiro atoms. The van der Waals surface area contributed by atoms with Crippen molar-refractivity contribution in [3.8, 4) is 0 Å². The van der Waals surface area contributed by atoms with Gasteiger partial charge < -0.3 is 15.1 Å². The summed E-state index contributed by atoms with van der Waals surface area (Å²) in [6.45, 7) is 2.41. The standard InChI is InChI=1S/C15H23FN4O/c1-17-14-13(16)12(4-7-18-14)15(21)20-8-5-11(6-9-20)10-19(2)3/h4,7,11H,5-6,8-10H2,1-3H3,(H,17,18). The SMILES string of the molecule is CNc1nccc(C(=O)N2CCC(CN(C)C)CC2)c1F. The van der Waals surface area contributed by atoms with E-state index in [1.54, 1.807) is 11.9 Å². The number of rotatable bonds is 4. The summed E-state index contributed by atoms with van der Waals surface area (Å²) in [5, 5.41) is 2.66. The van der Waals surface area contributed by atoms with Crippen molar-refractivity contribution in [3.63, 3.8) is 0 Å². The molecule has 0 unspecified atom stereocenters. The van der Waals surface area contributed by atoms with Gasteiger partial charge in [0, 0.05) is 32.9 Å². The summed E-state index contributed by atoms with van der Waals surface area (Å²) in [7, 11) is 5.71. The number of aromatic nitrogens is 1. The maximum atomic E-state index is 14.1. The second-order valence-electron chi connectivity index (χ2n) is 5.77. The summed E-state index contributed by atoms with van der Waals surface area (Å²) in [5.74, 6) is -0.0855. The van der Waals surface area contributed by atoms with Gasteiger partial charge >= 0.3 is 0 Å². The van der Waals surface area contributed by atoms with Crippen molar-refractivity contribution in [1.29, 1.82) is 0 Å². The van der Waals surface area contributed by atoms with Crippen LogP contribution in [-0.2, 0) is 0 Å². The van der Waals surface area contributed by atoms with Crippen LogP contribution in [-0.4, -0.2) is 61.5 Å². The van der Waals surface area contributed by atoms with E-state index in [1.807, 2.05) is 0 Å². The predicted octanol–water partition coefficient (Wildman–Crippen LogP) is 1.68. The van der Waals surface area contributed by atoms with Crippen molar-refractivity contribution >= 4 is 11.7 Å². The molecular weight excluding hydrogens is 271 g/mol. The van der Waals surface area contributed by atoms with Crippen LogP contribution in [0, 0.1) is 11.7 Å². The van der Waals surface area contributed by atoms with Gasteiger partial charge in [0.15, 0.2) is 11.6 Å². The van der Waals surface area contributed by atoms with Crippen LogP contribution in [0.25, 0.3) is 0 Å². The lowest BCUT2D eigenvalue weighted by atomic mass is 9.96. The Hall–Kier alpha value is -1.69. The molecule has 0 aliphatic carbocycles. The number of piperidine rings is 1. The molecule has 116 valence electrons. The van der Waals surface area contributed by atoms with Gasteiger partial charge in [0.2, 0.25) is 0 Å². The van der Waals surface area contributed by atoms with Crippen molar-refractivity contribution in [2.24, 2.45) is 5.92 Å². The maximum Gasteiger partial charge on any atom is 0.257 e. The Labute approximate surface area is 125 Å². The fraction of sp³-hybridized carbons (Fsp3) is 0.600. The van der Waals surface area contributed by atoms with Gasteiger partial charge in [0.25, 0.3) is 5.91 Å². The molecule has 0 atom stereocenters. The first-order chi connectivity index (χ1) is 10.0. The molecule has 1 aromatic heterocycles. The van der Waals surface area contributed by atoms with Crippen molar-refractivity contribution in [2.45, 2.75) is 12.8 Å². The molecule has 1 aliphatic heterocycles. The molecule has 1 fully saturated rings. The van der Waals surface area contributed by atoms with E-state index in [0.717, 1.165) is 19.4 Å². The fourth-order valence-electron chi connectivity index (χ4n) is 2.79. The van der Waals surface area contributed by atoms with Gasteiger partial charge in [-0.05, 0) is 38.9 Å². The molecule has 0 bridgehead atoms. The van der Waals surface area contributed by atoms with Crippen LogP contribution in [0.2, 0.25) is 0 Å². The third-order valence-electron chi connectivity index (χ3n) is 3.88. The highest BCUT2D eigenvalue weighted by Gasteiger charge is 2.26. The average Bonchev–Trinajstić information content (AvgIpc) is 2.47. The zero-order valence-corrected chi connectivity index (χ0v) is 12.9. The predicted molar refractivity (Wildman–Crippen MR) is 80.9 cm³/mol. The fourth-order valence-corrected chi connectivity index (χ4v) is 2.79. The number of nitrogens with zero attached hydrogens (tertiary/aromatic N) is 3. The van der Waals surface area contributed by atoms with Crippen LogP contribution in [0.4, 0.5) is 10.2 Å². The Balaban J connectivity index is 2.02. The Kier molecular flexibility index (Phi) is 5.12. The van der Waals surface area contributed by atoms with Gasteiger partial charge in [-0.15, -0.1) is 0 Å². The van der Waals surface area contributed by atoms with E-state index in [4.69, 9.17) is 0 Å². The molecule has 21 heavy (non-hydrogen) atoms. The zero-order chi connectivity index (χ0) is 15.4. The third-order valence-corrected chi connectivity index (χ3v) is 3.88. The van der Waals surface area contributed by atoms with Crippen molar-refractivity contribution in [2.75, 3.05) is 46.1 Å². The first-order valence-corrected chi connectivity index (χ1v) is 7.29. The van der Waals surface area contributed by atoms with Crippen LogP contribution in [0.3, 0.4) is 0 Å². The Morgan fingerprint density at radius 3 is 2.71 bits per heavy atom. The number of hydrogen-bond acceptors (Lipinski definition) is 4.